The lowest BCUT2D eigenvalue weighted by Gasteiger charge is -1.97. The zero-order valence-corrected chi connectivity index (χ0v) is 12.6. The van der Waals surface area contributed by atoms with E-state index >= 15 is 0 Å². The largest absolute Gasteiger partial charge is 0.383 e. The van der Waals surface area contributed by atoms with Gasteiger partial charge in [-0.25, -0.2) is 4.98 Å². The van der Waals surface area contributed by atoms with Crippen LogP contribution < -0.4 is 5.73 Å². The zero-order chi connectivity index (χ0) is 12.9. The number of halogens is 2. The highest BCUT2D eigenvalue weighted by Crippen LogP contribution is 2.39. The summed E-state index contributed by atoms with van der Waals surface area (Å²) in [4.78, 5) is 5.57. The van der Waals surface area contributed by atoms with Crippen LogP contribution in [0.25, 0.3) is 16.2 Å². The number of rotatable bonds is 1. The van der Waals surface area contributed by atoms with Gasteiger partial charge in [0.1, 0.15) is 21.5 Å². The Kier molecular flexibility index (Phi) is 2.84. The van der Waals surface area contributed by atoms with Gasteiger partial charge in [-0.05, 0) is 40.5 Å². The lowest BCUT2D eigenvalue weighted by molar-refractivity contribution is 1.17. The first-order valence-electron chi connectivity index (χ1n) is 5.26. The Bertz CT molecular complexity index is 728. The molecule has 6 heteroatoms. The smallest absolute Gasteiger partial charge is 0.142 e. The van der Waals surface area contributed by atoms with E-state index in [0.29, 0.717) is 10.2 Å². The lowest BCUT2D eigenvalue weighted by atomic mass is 10.3. The van der Waals surface area contributed by atoms with Gasteiger partial charge in [0.15, 0.2) is 0 Å². The summed E-state index contributed by atoms with van der Waals surface area (Å²) in [6.45, 7) is 2.02. The standard InChI is InChI=1S/C12H9BrClN3S/c1-6-3-2-4-17-11(15)9(16-12(6)17)8-5-7(13)10(14)18-8/h2-5H,15H2,1H3. The van der Waals surface area contributed by atoms with Crippen LogP contribution in [0.15, 0.2) is 28.9 Å². The van der Waals surface area contributed by atoms with Crippen molar-refractivity contribution in [2.75, 3.05) is 5.73 Å². The number of aryl methyl sites for hydroxylation is 1. The van der Waals surface area contributed by atoms with Gasteiger partial charge in [-0.2, -0.15) is 0 Å². The van der Waals surface area contributed by atoms with E-state index in [1.54, 1.807) is 0 Å². The van der Waals surface area contributed by atoms with Crippen LogP contribution in [0.4, 0.5) is 5.82 Å². The number of nitrogens with two attached hydrogens (primary N) is 1. The summed E-state index contributed by atoms with van der Waals surface area (Å²) in [6, 6.07) is 5.92. The Hall–Kier alpha value is -1.04. The molecule has 0 atom stereocenters. The fraction of sp³-hybridized carbons (Fsp3) is 0.0833. The molecule has 0 fully saturated rings. The van der Waals surface area contributed by atoms with E-state index in [4.69, 9.17) is 17.3 Å². The second-order valence-corrected chi connectivity index (χ2v) is 6.47. The second kappa shape index (κ2) is 4.26. The molecule has 0 saturated carbocycles. The molecular weight excluding hydrogens is 334 g/mol. The molecule has 3 heterocycles. The molecule has 3 aromatic heterocycles. The average Bonchev–Trinajstić information content (AvgIpc) is 2.83. The summed E-state index contributed by atoms with van der Waals surface area (Å²) in [7, 11) is 0. The predicted octanol–water partition coefficient (Wildman–Crippen LogP) is 4.37. The van der Waals surface area contributed by atoms with E-state index < -0.39 is 0 Å². The molecule has 0 bridgehead atoms. The highest BCUT2D eigenvalue weighted by molar-refractivity contribution is 9.10. The van der Waals surface area contributed by atoms with Crippen molar-refractivity contribution < 1.29 is 0 Å². The number of pyridine rings is 1. The van der Waals surface area contributed by atoms with Crippen LogP contribution in [0.5, 0.6) is 0 Å². The van der Waals surface area contributed by atoms with Gasteiger partial charge < -0.3 is 5.73 Å². The van der Waals surface area contributed by atoms with Crippen molar-refractivity contribution in [1.29, 1.82) is 0 Å². The Morgan fingerprint density at radius 2 is 2.28 bits per heavy atom. The fourth-order valence-corrected chi connectivity index (χ4v) is 3.57. The van der Waals surface area contributed by atoms with Crippen LogP contribution in [0.3, 0.4) is 0 Å². The SMILES string of the molecule is Cc1cccn2c(N)c(-c3cc(Br)c(Cl)s3)nc12. The van der Waals surface area contributed by atoms with Crippen molar-refractivity contribution in [2.45, 2.75) is 6.92 Å². The van der Waals surface area contributed by atoms with E-state index in [1.807, 2.05) is 35.7 Å². The number of imidazole rings is 1. The van der Waals surface area contributed by atoms with Crippen LogP contribution in [-0.2, 0) is 0 Å². The van der Waals surface area contributed by atoms with Gasteiger partial charge in [0.05, 0.1) is 4.88 Å². The Labute approximate surface area is 121 Å². The lowest BCUT2D eigenvalue weighted by Crippen LogP contribution is -1.93. The van der Waals surface area contributed by atoms with Crippen molar-refractivity contribution in [3.8, 4) is 10.6 Å². The molecule has 2 N–H and O–H groups in total. The molecule has 92 valence electrons. The Morgan fingerprint density at radius 1 is 1.50 bits per heavy atom. The molecule has 0 aliphatic carbocycles. The van der Waals surface area contributed by atoms with Crippen molar-refractivity contribution >= 4 is 50.3 Å². The zero-order valence-electron chi connectivity index (χ0n) is 9.45. The topological polar surface area (TPSA) is 43.3 Å². The second-order valence-electron chi connectivity index (χ2n) is 3.96. The van der Waals surface area contributed by atoms with Gasteiger partial charge >= 0.3 is 0 Å². The number of nitrogens with zero attached hydrogens (tertiary/aromatic N) is 2. The third-order valence-corrected chi connectivity index (χ3v) is 5.24. The molecule has 0 radical (unpaired) electrons. The van der Waals surface area contributed by atoms with E-state index in [-0.39, 0.29) is 0 Å². The molecule has 18 heavy (non-hydrogen) atoms. The molecule has 0 amide bonds. The van der Waals surface area contributed by atoms with Gasteiger partial charge in [-0.3, -0.25) is 4.40 Å². The number of anilines is 1. The van der Waals surface area contributed by atoms with Crippen LogP contribution in [0.2, 0.25) is 4.34 Å². The molecule has 0 saturated heterocycles. The molecular formula is C12H9BrClN3S. The molecule has 0 unspecified atom stereocenters. The predicted molar refractivity (Wildman–Crippen MR) is 80.4 cm³/mol. The van der Waals surface area contributed by atoms with Crippen LogP contribution in [-0.4, -0.2) is 9.38 Å². The van der Waals surface area contributed by atoms with Crippen molar-refractivity contribution in [3.63, 3.8) is 0 Å². The minimum Gasteiger partial charge on any atom is -0.383 e. The summed E-state index contributed by atoms with van der Waals surface area (Å²) in [5, 5.41) is 0. The minimum absolute atomic E-state index is 0.638. The van der Waals surface area contributed by atoms with Gasteiger partial charge in [0.25, 0.3) is 0 Å². The van der Waals surface area contributed by atoms with E-state index in [0.717, 1.165) is 26.3 Å². The minimum atomic E-state index is 0.638. The Morgan fingerprint density at radius 3 is 2.89 bits per heavy atom. The number of fused-ring (bicyclic) bond motifs is 1. The maximum atomic E-state index is 6.15. The first-order valence-corrected chi connectivity index (χ1v) is 7.25. The number of thiophene rings is 1. The molecule has 0 spiro atoms. The molecule has 0 aromatic carbocycles. The van der Waals surface area contributed by atoms with Crippen molar-refractivity contribution in [3.05, 3.63) is 38.8 Å². The number of hydrogen-bond donors (Lipinski definition) is 1. The normalized spacial score (nSPS) is 11.3. The van der Waals surface area contributed by atoms with Gasteiger partial charge in [-0.1, -0.05) is 17.7 Å². The van der Waals surface area contributed by atoms with Gasteiger partial charge in [0, 0.05) is 10.7 Å². The van der Waals surface area contributed by atoms with Gasteiger partial charge in [0.2, 0.25) is 0 Å². The van der Waals surface area contributed by atoms with E-state index in [1.165, 1.54) is 11.3 Å². The van der Waals surface area contributed by atoms with E-state index in [2.05, 4.69) is 20.9 Å². The molecule has 3 nitrogen and oxygen atoms in total. The quantitative estimate of drug-likeness (QED) is 0.713. The number of hydrogen-bond acceptors (Lipinski definition) is 3. The van der Waals surface area contributed by atoms with E-state index in [9.17, 15) is 0 Å². The van der Waals surface area contributed by atoms with Crippen molar-refractivity contribution in [2.24, 2.45) is 0 Å². The van der Waals surface area contributed by atoms with Crippen LogP contribution >= 0.6 is 38.9 Å². The summed E-state index contributed by atoms with van der Waals surface area (Å²) < 4.78 is 3.47. The highest BCUT2D eigenvalue weighted by Gasteiger charge is 2.15. The first kappa shape index (κ1) is 12.0. The third-order valence-electron chi connectivity index (χ3n) is 2.76. The molecule has 3 aromatic rings. The monoisotopic (exact) mass is 341 g/mol. The van der Waals surface area contributed by atoms with Gasteiger partial charge in [-0.15, -0.1) is 11.3 Å². The summed E-state index contributed by atoms with van der Waals surface area (Å²) in [5.41, 5.74) is 8.90. The fourth-order valence-electron chi connectivity index (χ4n) is 1.87. The molecule has 3 rings (SSSR count). The Balaban J connectivity index is 2.30. The summed E-state index contributed by atoms with van der Waals surface area (Å²) in [5.74, 6) is 0.638. The molecule has 0 aliphatic heterocycles. The molecule has 0 aliphatic rings. The third kappa shape index (κ3) is 1.74. The number of aromatic nitrogens is 2. The van der Waals surface area contributed by atoms with Crippen LogP contribution in [0.1, 0.15) is 5.56 Å². The highest BCUT2D eigenvalue weighted by atomic mass is 79.9. The summed E-state index contributed by atoms with van der Waals surface area (Å²) >= 11 is 10.9. The maximum Gasteiger partial charge on any atom is 0.142 e. The summed E-state index contributed by atoms with van der Waals surface area (Å²) in [6.07, 6.45) is 1.92. The van der Waals surface area contributed by atoms with Crippen molar-refractivity contribution in [1.82, 2.24) is 9.38 Å². The average molecular weight is 343 g/mol. The van der Waals surface area contributed by atoms with Crippen LogP contribution in [0, 0.1) is 6.92 Å². The first-order chi connectivity index (χ1) is 8.58. The number of nitrogen functional groups attached to an aromatic ring is 1. The maximum absolute atomic E-state index is 6.15.